The number of nitrogens with zero attached hydrogens (tertiary/aromatic N) is 3. The fourth-order valence-corrected chi connectivity index (χ4v) is 5.80. The van der Waals surface area contributed by atoms with Gasteiger partial charge in [0.15, 0.2) is 0 Å². The lowest BCUT2D eigenvalue weighted by Crippen LogP contribution is -2.45. The van der Waals surface area contributed by atoms with Gasteiger partial charge in [0, 0.05) is 54.7 Å². The Morgan fingerprint density at radius 2 is 1.79 bits per heavy atom. The highest BCUT2D eigenvalue weighted by Gasteiger charge is 2.42. The lowest BCUT2D eigenvalue weighted by molar-refractivity contribution is -0.165. The van der Waals surface area contributed by atoms with E-state index in [0.717, 1.165) is 43.4 Å². The van der Waals surface area contributed by atoms with Gasteiger partial charge in [-0.15, -0.1) is 0 Å². The first kappa shape index (κ1) is 27.3. The second-order valence-corrected chi connectivity index (χ2v) is 11.0. The first-order valence-electron chi connectivity index (χ1n) is 13.9. The zero-order valence-corrected chi connectivity index (χ0v) is 22.3. The van der Waals surface area contributed by atoms with Crippen molar-refractivity contribution < 1.29 is 24.5 Å². The Morgan fingerprint density at radius 1 is 1.00 bits per heavy atom. The number of aromatic nitrogens is 2. The summed E-state index contributed by atoms with van der Waals surface area (Å²) < 4.78 is 5.60. The maximum atomic E-state index is 13.5. The number of esters is 1. The van der Waals surface area contributed by atoms with Crippen molar-refractivity contribution >= 4 is 22.8 Å². The van der Waals surface area contributed by atoms with Crippen molar-refractivity contribution in [3.63, 3.8) is 0 Å². The van der Waals surface area contributed by atoms with Crippen LogP contribution in [0.3, 0.4) is 0 Å². The van der Waals surface area contributed by atoms with Crippen LogP contribution < -0.4 is 0 Å². The van der Waals surface area contributed by atoms with E-state index >= 15 is 0 Å². The molecule has 208 valence electrons. The number of cyclic esters (lactones) is 1. The molecule has 2 aliphatic heterocycles. The van der Waals surface area contributed by atoms with Gasteiger partial charge in [-0.1, -0.05) is 6.42 Å². The number of aromatic amines is 1. The average molecular weight is 535 g/mol. The van der Waals surface area contributed by atoms with Crippen molar-refractivity contribution in [3.05, 3.63) is 66.1 Å². The summed E-state index contributed by atoms with van der Waals surface area (Å²) in [5.74, 6) is -0.384. The summed E-state index contributed by atoms with van der Waals surface area (Å²) in [6.45, 7) is 2.94. The molecule has 3 N–H and O–H groups in total. The van der Waals surface area contributed by atoms with Gasteiger partial charge in [0.2, 0.25) is 0 Å². The number of fused-ring (bicyclic) bond motifs is 1. The molecule has 0 bridgehead atoms. The number of amides is 1. The number of hydrogen-bond donors (Lipinski definition) is 3. The van der Waals surface area contributed by atoms with Crippen LogP contribution in [0.4, 0.5) is 0 Å². The Hall–Kier alpha value is -3.27. The monoisotopic (exact) mass is 534 g/mol. The van der Waals surface area contributed by atoms with Gasteiger partial charge in [0.1, 0.15) is 12.7 Å². The van der Waals surface area contributed by atoms with Crippen molar-refractivity contribution in [1.82, 2.24) is 19.8 Å². The Morgan fingerprint density at radius 3 is 2.59 bits per heavy atom. The smallest absolute Gasteiger partial charge is 0.312 e. The van der Waals surface area contributed by atoms with Gasteiger partial charge in [-0.05, 0) is 87.2 Å². The van der Waals surface area contributed by atoms with Crippen LogP contribution in [0.2, 0.25) is 0 Å². The number of H-pyrrole nitrogens is 1. The molecule has 9 heteroatoms. The molecule has 2 fully saturated rings. The number of likely N-dealkylation sites (tertiary alicyclic amines) is 1. The molecule has 0 aliphatic carbocycles. The Labute approximate surface area is 228 Å². The zero-order valence-electron chi connectivity index (χ0n) is 22.3. The number of benzene rings is 1. The number of pyridine rings is 1. The minimum Gasteiger partial charge on any atom is -0.462 e. The van der Waals surface area contributed by atoms with Gasteiger partial charge >= 0.3 is 5.97 Å². The number of ether oxygens (including phenoxy) is 1. The predicted molar refractivity (Wildman–Crippen MR) is 147 cm³/mol. The van der Waals surface area contributed by atoms with E-state index in [0.29, 0.717) is 37.9 Å². The highest BCUT2D eigenvalue weighted by molar-refractivity contribution is 5.98. The van der Waals surface area contributed by atoms with Crippen LogP contribution >= 0.6 is 0 Å². The molecule has 1 aromatic carbocycles. The predicted octanol–water partition coefficient (Wildman–Crippen LogP) is 3.13. The van der Waals surface area contributed by atoms with Crippen LogP contribution in [0.15, 0.2) is 55.0 Å². The number of aliphatic hydroxyl groups excluding tert-OH is 2. The second-order valence-electron chi connectivity index (χ2n) is 11.0. The number of nitrogens with one attached hydrogen (secondary N) is 1. The summed E-state index contributed by atoms with van der Waals surface area (Å²) in [6, 6.07) is 11.5. The van der Waals surface area contributed by atoms with E-state index < -0.39 is 17.6 Å². The first-order valence-corrected chi connectivity index (χ1v) is 13.9. The molecule has 0 unspecified atom stereocenters. The summed E-state index contributed by atoms with van der Waals surface area (Å²) in [7, 11) is 0. The van der Waals surface area contributed by atoms with E-state index in [1.165, 1.54) is 5.56 Å². The van der Waals surface area contributed by atoms with Gasteiger partial charge in [-0.3, -0.25) is 19.5 Å². The lowest BCUT2D eigenvalue weighted by atomic mass is 9.74. The minimum atomic E-state index is -1.20. The van der Waals surface area contributed by atoms with Crippen molar-refractivity contribution in [2.75, 3.05) is 32.8 Å². The van der Waals surface area contributed by atoms with Gasteiger partial charge in [0.25, 0.3) is 5.91 Å². The van der Waals surface area contributed by atoms with E-state index in [1.807, 2.05) is 42.6 Å². The number of piperidine rings is 1. The minimum absolute atomic E-state index is 0.0962. The third-order valence-electron chi connectivity index (χ3n) is 8.35. The number of rotatable bonds is 3. The molecular formula is C30H38N4O5. The van der Waals surface area contributed by atoms with Gasteiger partial charge in [-0.2, -0.15) is 0 Å². The quantitative estimate of drug-likeness (QED) is 0.442. The van der Waals surface area contributed by atoms with Gasteiger partial charge in [0.05, 0.1) is 11.5 Å². The molecule has 9 nitrogen and oxygen atoms in total. The average Bonchev–Trinajstić information content (AvgIpc) is 3.44. The normalized spacial score (nSPS) is 23.5. The number of hydrogen-bond acceptors (Lipinski definition) is 7. The summed E-state index contributed by atoms with van der Waals surface area (Å²) in [6.07, 6.45) is 6.88. The molecule has 1 amide bonds. The maximum Gasteiger partial charge on any atom is 0.312 e. The molecule has 3 aromatic rings. The van der Waals surface area contributed by atoms with Crippen LogP contribution in [0, 0.1) is 5.41 Å². The summed E-state index contributed by atoms with van der Waals surface area (Å²) in [5.41, 5.74) is 2.13. The van der Waals surface area contributed by atoms with Crippen LogP contribution in [-0.4, -0.2) is 86.9 Å². The first-order chi connectivity index (χ1) is 18.9. The van der Waals surface area contributed by atoms with Gasteiger partial charge in [-0.25, -0.2) is 0 Å². The van der Waals surface area contributed by atoms with E-state index in [1.54, 1.807) is 17.3 Å². The Bertz CT molecular complexity index is 1250. The summed E-state index contributed by atoms with van der Waals surface area (Å²) in [4.78, 5) is 38.1. The number of carbonyl (C=O) groups excluding carboxylic acids is 2. The molecule has 0 saturated carbocycles. The summed E-state index contributed by atoms with van der Waals surface area (Å²) >= 11 is 0. The van der Waals surface area contributed by atoms with Crippen molar-refractivity contribution in [2.24, 2.45) is 5.41 Å². The van der Waals surface area contributed by atoms with Gasteiger partial charge < -0.3 is 24.8 Å². The molecule has 2 aromatic heterocycles. The standard InChI is InChI=1S/C30H38N4O5/c35-26-8-16-34(28(37)24-3-4-25-23(19-24)7-14-32-25)15-2-1-9-30(29(38)39-21-27(26)36)10-17-33(18-11-30)20-22-5-12-31-13-6-22/h3-7,12-14,19,26-27,32,35-36H,1-2,8-11,15-18,20-21H2/t26-,27+/m0/s1. The second kappa shape index (κ2) is 12.3. The number of aliphatic hydroxyl groups is 2. The summed E-state index contributed by atoms with van der Waals surface area (Å²) in [5, 5.41) is 22.1. The van der Waals surface area contributed by atoms with Crippen LogP contribution in [0.1, 0.15) is 54.4 Å². The van der Waals surface area contributed by atoms with E-state index in [4.69, 9.17) is 4.74 Å². The molecular weight excluding hydrogens is 496 g/mol. The van der Waals surface area contributed by atoms with Crippen molar-refractivity contribution in [3.8, 4) is 0 Å². The maximum absolute atomic E-state index is 13.5. The highest BCUT2D eigenvalue weighted by atomic mass is 16.5. The van der Waals surface area contributed by atoms with E-state index in [9.17, 15) is 19.8 Å². The fraction of sp³-hybridized carbons (Fsp3) is 0.500. The van der Waals surface area contributed by atoms with E-state index in [-0.39, 0.29) is 24.9 Å². The molecule has 0 radical (unpaired) electrons. The van der Waals surface area contributed by atoms with E-state index in [2.05, 4.69) is 14.9 Å². The third-order valence-corrected chi connectivity index (χ3v) is 8.35. The SMILES string of the molecule is O=C(c1ccc2[nH]ccc2c1)N1CCCCC2(CCN(Cc3ccncc3)CC2)C(=O)OC[C@@H](O)[C@@H](O)CC1. The largest absolute Gasteiger partial charge is 0.462 e. The topological polar surface area (TPSA) is 119 Å². The molecule has 4 heterocycles. The molecule has 39 heavy (non-hydrogen) atoms. The van der Waals surface area contributed by atoms with Crippen LogP contribution in [0.5, 0.6) is 0 Å². The third kappa shape index (κ3) is 6.49. The molecule has 1 spiro atoms. The Balaban J connectivity index is 1.27. The number of carbonyl (C=O) groups is 2. The lowest BCUT2D eigenvalue weighted by Gasteiger charge is -2.40. The van der Waals surface area contributed by atoms with Crippen LogP contribution in [-0.2, 0) is 16.1 Å². The molecule has 2 aliphatic rings. The molecule has 2 atom stereocenters. The molecule has 2 saturated heterocycles. The van der Waals surface area contributed by atoms with Crippen LogP contribution in [0.25, 0.3) is 10.9 Å². The highest BCUT2D eigenvalue weighted by Crippen LogP contribution is 2.38. The zero-order chi connectivity index (χ0) is 27.2. The van der Waals surface area contributed by atoms with Crippen molar-refractivity contribution in [1.29, 1.82) is 0 Å². The molecule has 5 rings (SSSR count). The van der Waals surface area contributed by atoms with Crippen molar-refractivity contribution in [2.45, 2.75) is 57.3 Å². The Kier molecular flexibility index (Phi) is 8.60. The fourth-order valence-electron chi connectivity index (χ4n) is 5.80.